The van der Waals surface area contributed by atoms with E-state index in [4.69, 9.17) is 10.3 Å². The second-order valence-corrected chi connectivity index (χ2v) is 5.03. The number of anilines is 1. The molecule has 21 heavy (non-hydrogen) atoms. The molecule has 0 amide bonds. The molecule has 0 aliphatic carbocycles. The molecule has 0 atom stereocenters. The molecule has 106 valence electrons. The number of benzene rings is 1. The second kappa shape index (κ2) is 5.36. The van der Waals surface area contributed by atoms with Gasteiger partial charge in [-0.25, -0.2) is 0 Å². The average molecular weight is 280 g/mol. The molecular formula is C16H16N4O. The lowest BCUT2D eigenvalue weighted by molar-refractivity contribution is 0.386. The Morgan fingerprint density at radius 2 is 1.76 bits per heavy atom. The van der Waals surface area contributed by atoms with Crippen molar-refractivity contribution < 1.29 is 4.52 Å². The van der Waals surface area contributed by atoms with Crippen LogP contribution in [0.25, 0.3) is 11.4 Å². The van der Waals surface area contributed by atoms with Gasteiger partial charge >= 0.3 is 0 Å². The van der Waals surface area contributed by atoms with Crippen LogP contribution in [-0.2, 0) is 6.42 Å². The highest BCUT2D eigenvalue weighted by Crippen LogP contribution is 2.20. The van der Waals surface area contributed by atoms with Gasteiger partial charge in [0.1, 0.15) is 0 Å². The van der Waals surface area contributed by atoms with Gasteiger partial charge in [0.05, 0.1) is 6.42 Å². The molecule has 2 aromatic heterocycles. The first-order valence-electron chi connectivity index (χ1n) is 6.73. The van der Waals surface area contributed by atoms with Crippen molar-refractivity contribution in [3.63, 3.8) is 0 Å². The van der Waals surface area contributed by atoms with E-state index in [1.807, 2.05) is 50.2 Å². The minimum absolute atomic E-state index is 0.530. The van der Waals surface area contributed by atoms with Crippen molar-refractivity contribution in [3.8, 4) is 11.4 Å². The molecule has 0 fully saturated rings. The Hall–Kier alpha value is -2.69. The first-order valence-corrected chi connectivity index (χ1v) is 6.73. The molecule has 3 rings (SSSR count). The molecule has 0 spiro atoms. The number of aromatic nitrogens is 3. The molecule has 3 aromatic rings. The zero-order valence-electron chi connectivity index (χ0n) is 12.0. The lowest BCUT2D eigenvalue weighted by Crippen LogP contribution is -1.95. The molecule has 5 nitrogen and oxygen atoms in total. The Kier molecular flexibility index (Phi) is 3.39. The Labute approximate surface area is 122 Å². The van der Waals surface area contributed by atoms with Crippen molar-refractivity contribution in [2.45, 2.75) is 20.3 Å². The van der Waals surface area contributed by atoms with Crippen LogP contribution in [0.4, 0.5) is 5.69 Å². The maximum atomic E-state index is 5.93. The highest BCUT2D eigenvalue weighted by atomic mass is 16.5. The summed E-state index contributed by atoms with van der Waals surface area (Å²) in [5, 5.41) is 4.04. The summed E-state index contributed by atoms with van der Waals surface area (Å²) in [7, 11) is 0. The molecule has 2 heterocycles. The van der Waals surface area contributed by atoms with Crippen LogP contribution in [0.5, 0.6) is 0 Å². The molecule has 0 saturated carbocycles. The van der Waals surface area contributed by atoms with E-state index in [2.05, 4.69) is 15.1 Å². The molecule has 0 bridgehead atoms. The van der Waals surface area contributed by atoms with Crippen molar-refractivity contribution in [2.24, 2.45) is 0 Å². The molecule has 1 aromatic carbocycles. The van der Waals surface area contributed by atoms with Crippen LogP contribution >= 0.6 is 0 Å². The number of nitrogens with zero attached hydrogens (tertiary/aromatic N) is 3. The molecule has 0 saturated heterocycles. The predicted molar refractivity (Wildman–Crippen MR) is 80.7 cm³/mol. The smallest absolute Gasteiger partial charge is 0.231 e. The zero-order chi connectivity index (χ0) is 14.8. The van der Waals surface area contributed by atoms with Crippen LogP contribution < -0.4 is 5.73 Å². The standard InChI is InChI=1S/C16H16N4O/c1-10-7-13(8-11(2)18-10)16-19-15(21-20-16)9-12-5-3-4-6-14(12)17/h3-8H,9,17H2,1-2H3. The minimum Gasteiger partial charge on any atom is -0.398 e. The van der Waals surface area contributed by atoms with E-state index in [1.54, 1.807) is 0 Å². The summed E-state index contributed by atoms with van der Waals surface area (Å²) in [4.78, 5) is 8.78. The van der Waals surface area contributed by atoms with Crippen molar-refractivity contribution in [2.75, 3.05) is 5.73 Å². The SMILES string of the molecule is Cc1cc(-c2noc(Cc3ccccc3N)n2)cc(C)n1. The average Bonchev–Trinajstić information content (AvgIpc) is 2.89. The fourth-order valence-corrected chi connectivity index (χ4v) is 2.27. The summed E-state index contributed by atoms with van der Waals surface area (Å²) in [5.74, 6) is 1.13. The number of aryl methyl sites for hydroxylation is 2. The largest absolute Gasteiger partial charge is 0.398 e. The summed E-state index contributed by atoms with van der Waals surface area (Å²) in [6, 6.07) is 11.6. The number of pyridine rings is 1. The number of nitrogens with two attached hydrogens (primary N) is 1. The summed E-state index contributed by atoms with van der Waals surface area (Å²) in [6.45, 7) is 3.89. The topological polar surface area (TPSA) is 77.8 Å². The van der Waals surface area contributed by atoms with Gasteiger partial charge in [-0.2, -0.15) is 4.98 Å². The van der Waals surface area contributed by atoms with Gasteiger partial charge in [-0.05, 0) is 37.6 Å². The van der Waals surface area contributed by atoms with Gasteiger partial charge in [-0.1, -0.05) is 23.4 Å². The first-order chi connectivity index (χ1) is 10.1. The Balaban J connectivity index is 1.88. The van der Waals surface area contributed by atoms with Crippen LogP contribution in [-0.4, -0.2) is 15.1 Å². The van der Waals surface area contributed by atoms with E-state index in [0.717, 1.165) is 28.2 Å². The number of rotatable bonds is 3. The van der Waals surface area contributed by atoms with Gasteiger partial charge in [-0.3, -0.25) is 4.98 Å². The Bertz CT molecular complexity index is 759. The third-order valence-corrected chi connectivity index (χ3v) is 3.20. The van der Waals surface area contributed by atoms with Gasteiger partial charge in [0.25, 0.3) is 0 Å². The highest BCUT2D eigenvalue weighted by molar-refractivity contribution is 5.55. The van der Waals surface area contributed by atoms with Crippen molar-refractivity contribution in [1.29, 1.82) is 0 Å². The first kappa shape index (κ1) is 13.3. The van der Waals surface area contributed by atoms with Crippen LogP contribution in [0.3, 0.4) is 0 Å². The van der Waals surface area contributed by atoms with Crippen molar-refractivity contribution in [3.05, 3.63) is 59.2 Å². The van der Waals surface area contributed by atoms with Gasteiger partial charge in [0.2, 0.25) is 11.7 Å². The monoisotopic (exact) mass is 280 g/mol. The second-order valence-electron chi connectivity index (χ2n) is 5.03. The summed E-state index contributed by atoms with van der Waals surface area (Å²) < 4.78 is 5.32. The van der Waals surface area contributed by atoms with E-state index in [0.29, 0.717) is 18.1 Å². The van der Waals surface area contributed by atoms with Gasteiger partial charge in [0.15, 0.2) is 0 Å². The van der Waals surface area contributed by atoms with Gasteiger partial charge < -0.3 is 10.3 Å². The quantitative estimate of drug-likeness (QED) is 0.746. The Morgan fingerprint density at radius 1 is 1.05 bits per heavy atom. The minimum atomic E-state index is 0.530. The number of hydrogen-bond donors (Lipinski definition) is 1. The Morgan fingerprint density at radius 3 is 2.48 bits per heavy atom. The number of hydrogen-bond acceptors (Lipinski definition) is 5. The van der Waals surface area contributed by atoms with Crippen molar-refractivity contribution in [1.82, 2.24) is 15.1 Å². The van der Waals surface area contributed by atoms with E-state index in [1.165, 1.54) is 0 Å². The summed E-state index contributed by atoms with van der Waals surface area (Å²) in [6.07, 6.45) is 0.530. The van der Waals surface area contributed by atoms with E-state index in [9.17, 15) is 0 Å². The van der Waals surface area contributed by atoms with Gasteiger partial charge in [0, 0.05) is 22.6 Å². The van der Waals surface area contributed by atoms with Crippen LogP contribution in [0.15, 0.2) is 40.9 Å². The molecule has 0 aliphatic rings. The van der Waals surface area contributed by atoms with Crippen LogP contribution in [0.1, 0.15) is 22.8 Å². The maximum Gasteiger partial charge on any atom is 0.231 e. The third-order valence-electron chi connectivity index (χ3n) is 3.20. The number of nitrogen functional groups attached to an aromatic ring is 1. The normalized spacial score (nSPS) is 10.8. The molecule has 0 aliphatic heterocycles. The lowest BCUT2D eigenvalue weighted by atomic mass is 10.1. The van der Waals surface area contributed by atoms with E-state index >= 15 is 0 Å². The molecule has 2 N–H and O–H groups in total. The molecule has 0 radical (unpaired) electrons. The van der Waals surface area contributed by atoms with Crippen molar-refractivity contribution >= 4 is 5.69 Å². The fraction of sp³-hybridized carbons (Fsp3) is 0.188. The van der Waals surface area contributed by atoms with Crippen LogP contribution in [0, 0.1) is 13.8 Å². The van der Waals surface area contributed by atoms with Gasteiger partial charge in [-0.15, -0.1) is 0 Å². The molecular weight excluding hydrogens is 264 g/mol. The van der Waals surface area contributed by atoms with E-state index in [-0.39, 0.29) is 0 Å². The van der Waals surface area contributed by atoms with Crippen LogP contribution in [0.2, 0.25) is 0 Å². The number of para-hydroxylation sites is 1. The maximum absolute atomic E-state index is 5.93. The molecule has 0 unspecified atom stereocenters. The fourth-order valence-electron chi connectivity index (χ4n) is 2.27. The molecule has 5 heteroatoms. The summed E-state index contributed by atoms with van der Waals surface area (Å²) >= 11 is 0. The third kappa shape index (κ3) is 2.91. The zero-order valence-corrected chi connectivity index (χ0v) is 12.0. The summed E-state index contributed by atoms with van der Waals surface area (Å²) in [5.41, 5.74) is 10.4. The van der Waals surface area contributed by atoms with E-state index < -0.39 is 0 Å². The highest BCUT2D eigenvalue weighted by Gasteiger charge is 2.11. The lowest BCUT2D eigenvalue weighted by Gasteiger charge is -2.01. The predicted octanol–water partition coefficient (Wildman–Crippen LogP) is 2.92.